The predicted molar refractivity (Wildman–Crippen MR) is 55.0 cm³/mol. The van der Waals surface area contributed by atoms with Gasteiger partial charge in [0.05, 0.1) is 11.6 Å². The maximum absolute atomic E-state index is 11.6. The van der Waals surface area contributed by atoms with E-state index in [1.54, 1.807) is 37.5 Å². The van der Waals surface area contributed by atoms with E-state index in [0.717, 1.165) is 0 Å². The highest BCUT2D eigenvalue weighted by Gasteiger charge is 2.10. The van der Waals surface area contributed by atoms with Crippen molar-refractivity contribution in [3.63, 3.8) is 0 Å². The van der Waals surface area contributed by atoms with Crippen LogP contribution in [-0.4, -0.2) is 12.1 Å². The van der Waals surface area contributed by atoms with Gasteiger partial charge in [-0.15, -0.1) is 0 Å². The van der Waals surface area contributed by atoms with Gasteiger partial charge in [0.25, 0.3) is 0 Å². The number of Topliss-reactive ketones (excluding diaryl/α,β-unsaturated/α-hetero) is 1. The van der Waals surface area contributed by atoms with Crippen LogP contribution in [0.1, 0.15) is 29.3 Å². The van der Waals surface area contributed by atoms with Crippen LogP contribution in [0.25, 0.3) is 0 Å². The van der Waals surface area contributed by atoms with E-state index < -0.39 is 0 Å². The summed E-state index contributed by atoms with van der Waals surface area (Å²) in [7, 11) is 0. The van der Waals surface area contributed by atoms with Gasteiger partial charge in [-0.1, -0.05) is 19.1 Å². The third-order valence-corrected chi connectivity index (χ3v) is 2.03. The molecule has 1 rings (SSSR count). The Balaban J connectivity index is 2.75. The lowest BCUT2D eigenvalue weighted by atomic mass is 10.0. The van der Waals surface area contributed by atoms with E-state index >= 15 is 0 Å². The fraction of sp³-hybridized carbons (Fsp3) is 0.250. The van der Waals surface area contributed by atoms with Crippen molar-refractivity contribution in [3.8, 4) is 6.07 Å². The minimum Gasteiger partial charge on any atom is -0.294 e. The second-order valence-electron chi connectivity index (χ2n) is 3.34. The topological polar surface area (TPSA) is 57.9 Å². The van der Waals surface area contributed by atoms with Crippen LogP contribution in [-0.2, 0) is 4.79 Å². The summed E-state index contributed by atoms with van der Waals surface area (Å²) in [4.78, 5) is 21.8. The van der Waals surface area contributed by atoms with Crippen molar-refractivity contribution in [1.29, 1.82) is 5.26 Å². The summed E-state index contributed by atoms with van der Waals surface area (Å²) in [6.45, 7) is 1.65. The molecule has 1 aromatic carbocycles. The number of ketones is 1. The van der Waals surface area contributed by atoms with Gasteiger partial charge in [-0.25, -0.2) is 0 Å². The monoisotopic (exact) mass is 200 g/mol. The Morgan fingerprint density at radius 3 is 2.47 bits per heavy atom. The SMILES string of the molecule is CC([C]=O)CC(=O)c1ccc(C#N)cc1. The third kappa shape index (κ3) is 3.03. The molecule has 0 saturated carbocycles. The highest BCUT2D eigenvalue weighted by molar-refractivity contribution is 5.97. The first-order chi connectivity index (χ1) is 7.17. The molecule has 1 unspecified atom stereocenters. The van der Waals surface area contributed by atoms with Crippen LogP contribution in [0.3, 0.4) is 0 Å². The van der Waals surface area contributed by atoms with Crippen LogP contribution in [0.5, 0.6) is 0 Å². The number of hydrogen-bond acceptors (Lipinski definition) is 3. The van der Waals surface area contributed by atoms with Gasteiger partial charge in [-0.2, -0.15) is 5.26 Å². The number of hydrogen-bond donors (Lipinski definition) is 0. The molecule has 1 radical (unpaired) electrons. The fourth-order valence-electron chi connectivity index (χ4n) is 1.17. The highest BCUT2D eigenvalue weighted by atomic mass is 16.1. The summed E-state index contributed by atoms with van der Waals surface area (Å²) in [6.07, 6.45) is 1.93. The maximum Gasteiger partial charge on any atom is 0.201 e. The number of benzene rings is 1. The summed E-state index contributed by atoms with van der Waals surface area (Å²) in [5, 5.41) is 8.56. The number of nitrogens with zero attached hydrogens (tertiary/aromatic N) is 1. The van der Waals surface area contributed by atoms with Gasteiger partial charge in [-0.05, 0) is 12.1 Å². The van der Waals surface area contributed by atoms with Gasteiger partial charge in [-0.3, -0.25) is 9.59 Å². The van der Waals surface area contributed by atoms with Crippen molar-refractivity contribution in [2.24, 2.45) is 5.92 Å². The van der Waals surface area contributed by atoms with E-state index in [0.29, 0.717) is 11.1 Å². The molecular formula is C12H10NO2. The molecule has 3 heteroatoms. The summed E-state index contributed by atoms with van der Waals surface area (Å²) in [6, 6.07) is 8.33. The number of rotatable bonds is 4. The zero-order valence-electron chi connectivity index (χ0n) is 8.36. The molecule has 0 aliphatic carbocycles. The summed E-state index contributed by atoms with van der Waals surface area (Å²) < 4.78 is 0. The van der Waals surface area contributed by atoms with Gasteiger partial charge in [0, 0.05) is 17.9 Å². The van der Waals surface area contributed by atoms with Crippen LogP contribution in [0.4, 0.5) is 0 Å². The summed E-state index contributed by atoms with van der Waals surface area (Å²) >= 11 is 0. The van der Waals surface area contributed by atoms with Crippen molar-refractivity contribution in [2.75, 3.05) is 0 Å². The highest BCUT2D eigenvalue weighted by Crippen LogP contribution is 2.09. The first kappa shape index (κ1) is 11.1. The van der Waals surface area contributed by atoms with Gasteiger partial charge in [0.1, 0.15) is 0 Å². The molecule has 1 aromatic rings. The van der Waals surface area contributed by atoms with Crippen LogP contribution >= 0.6 is 0 Å². The molecule has 0 spiro atoms. The number of nitriles is 1. The Bertz CT molecular complexity index is 401. The van der Waals surface area contributed by atoms with Crippen molar-refractivity contribution in [1.82, 2.24) is 0 Å². The molecule has 0 N–H and O–H groups in total. The molecule has 0 bridgehead atoms. The summed E-state index contributed by atoms with van der Waals surface area (Å²) in [5.41, 5.74) is 1.04. The predicted octanol–water partition coefficient (Wildman–Crippen LogP) is 1.88. The standard InChI is InChI=1S/C12H10NO2/c1-9(8-14)6-12(15)11-4-2-10(7-13)3-5-11/h2-5,9H,6H2,1H3. The van der Waals surface area contributed by atoms with Crippen LogP contribution in [0.15, 0.2) is 24.3 Å². The lowest BCUT2D eigenvalue weighted by Gasteiger charge is -2.02. The average molecular weight is 200 g/mol. The molecule has 1 atom stereocenters. The molecular weight excluding hydrogens is 190 g/mol. The zero-order chi connectivity index (χ0) is 11.3. The largest absolute Gasteiger partial charge is 0.294 e. The molecule has 0 fully saturated rings. The van der Waals surface area contributed by atoms with Gasteiger partial charge in [0.15, 0.2) is 5.78 Å². The molecule has 0 aliphatic rings. The zero-order valence-corrected chi connectivity index (χ0v) is 8.36. The van der Waals surface area contributed by atoms with E-state index in [4.69, 9.17) is 5.26 Å². The van der Waals surface area contributed by atoms with Crippen LogP contribution in [0, 0.1) is 17.2 Å². The summed E-state index contributed by atoms with van der Waals surface area (Å²) in [5.74, 6) is -0.483. The Morgan fingerprint density at radius 2 is 2.00 bits per heavy atom. The Labute approximate surface area is 88.3 Å². The maximum atomic E-state index is 11.6. The Kier molecular flexibility index (Phi) is 3.75. The van der Waals surface area contributed by atoms with Gasteiger partial charge < -0.3 is 0 Å². The first-order valence-electron chi connectivity index (χ1n) is 4.58. The molecule has 15 heavy (non-hydrogen) atoms. The van der Waals surface area contributed by atoms with Gasteiger partial charge in [0.2, 0.25) is 6.29 Å². The third-order valence-electron chi connectivity index (χ3n) is 2.03. The minimum atomic E-state index is -0.381. The second-order valence-corrected chi connectivity index (χ2v) is 3.34. The smallest absolute Gasteiger partial charge is 0.201 e. The van der Waals surface area contributed by atoms with Gasteiger partial charge >= 0.3 is 0 Å². The second kappa shape index (κ2) is 5.06. The number of carbonyl (C=O) groups is 1. The molecule has 3 nitrogen and oxygen atoms in total. The molecule has 75 valence electrons. The molecule has 0 aliphatic heterocycles. The van der Waals surface area contributed by atoms with Crippen LogP contribution < -0.4 is 0 Å². The lowest BCUT2D eigenvalue weighted by molar-refractivity contribution is 0.0973. The normalized spacial score (nSPS) is 11.5. The average Bonchev–Trinajstić information content (AvgIpc) is 2.29. The number of carbonyl (C=O) groups excluding carboxylic acids is 2. The Morgan fingerprint density at radius 1 is 1.40 bits per heavy atom. The fourth-order valence-corrected chi connectivity index (χ4v) is 1.17. The van der Waals surface area contributed by atoms with Crippen LogP contribution in [0.2, 0.25) is 0 Å². The van der Waals surface area contributed by atoms with E-state index in [-0.39, 0.29) is 18.1 Å². The lowest BCUT2D eigenvalue weighted by Crippen LogP contribution is -2.06. The van der Waals surface area contributed by atoms with E-state index in [1.807, 2.05) is 6.07 Å². The van der Waals surface area contributed by atoms with E-state index in [1.165, 1.54) is 0 Å². The molecule has 0 aromatic heterocycles. The molecule has 0 heterocycles. The van der Waals surface area contributed by atoms with Crippen molar-refractivity contribution in [3.05, 3.63) is 35.4 Å². The van der Waals surface area contributed by atoms with Crippen molar-refractivity contribution in [2.45, 2.75) is 13.3 Å². The minimum absolute atomic E-state index is 0.102. The molecule has 0 saturated heterocycles. The Hall–Kier alpha value is -1.95. The quantitative estimate of drug-likeness (QED) is 0.697. The van der Waals surface area contributed by atoms with Crippen molar-refractivity contribution < 1.29 is 9.59 Å². The molecule has 0 amide bonds. The van der Waals surface area contributed by atoms with E-state index in [9.17, 15) is 9.59 Å². The van der Waals surface area contributed by atoms with Crippen molar-refractivity contribution >= 4 is 12.1 Å². The first-order valence-corrected chi connectivity index (χ1v) is 4.58. The van der Waals surface area contributed by atoms with E-state index in [2.05, 4.69) is 0 Å².